The molecule has 1 unspecified atom stereocenters. The van der Waals surface area contributed by atoms with Gasteiger partial charge in [-0.2, -0.15) is 0 Å². The largest absolute Gasteiger partial charge is 0.493 e. The minimum absolute atomic E-state index is 0.138. The van der Waals surface area contributed by atoms with Gasteiger partial charge in [0.2, 0.25) is 0 Å². The first-order chi connectivity index (χ1) is 18.5. The Bertz CT molecular complexity index is 1270. The molecule has 1 amide bonds. The van der Waals surface area contributed by atoms with Gasteiger partial charge >= 0.3 is 5.97 Å². The van der Waals surface area contributed by atoms with Crippen molar-refractivity contribution < 1.29 is 33.3 Å². The lowest BCUT2D eigenvalue weighted by Crippen LogP contribution is -2.42. The van der Waals surface area contributed by atoms with Gasteiger partial charge in [-0.3, -0.25) is 4.79 Å². The molecule has 8 nitrogen and oxygen atoms in total. The lowest BCUT2D eigenvalue weighted by atomic mass is 9.91. The van der Waals surface area contributed by atoms with E-state index in [1.54, 1.807) is 57.5 Å². The maximum absolute atomic E-state index is 13.9. The first-order valence-electron chi connectivity index (χ1n) is 12.7. The van der Waals surface area contributed by atoms with Crippen molar-refractivity contribution in [3.63, 3.8) is 0 Å². The molecular weight excluding hydrogens is 486 g/mol. The fourth-order valence-electron chi connectivity index (χ4n) is 4.61. The summed E-state index contributed by atoms with van der Waals surface area (Å²) in [5.41, 5.74) is 2.95. The number of benzene rings is 3. The van der Waals surface area contributed by atoms with Crippen molar-refractivity contribution in [3.8, 4) is 23.0 Å². The van der Waals surface area contributed by atoms with Crippen LogP contribution >= 0.6 is 0 Å². The quantitative estimate of drug-likeness (QED) is 0.345. The third-order valence-corrected chi connectivity index (χ3v) is 6.45. The number of ether oxygens (including phenoxy) is 5. The predicted molar refractivity (Wildman–Crippen MR) is 143 cm³/mol. The fraction of sp³-hybridized carbons (Fsp3) is 0.333. The molecule has 3 aromatic rings. The molecule has 8 heteroatoms. The van der Waals surface area contributed by atoms with Crippen molar-refractivity contribution >= 4 is 11.9 Å². The second kappa shape index (κ2) is 12.4. The zero-order chi connectivity index (χ0) is 27.1. The summed E-state index contributed by atoms with van der Waals surface area (Å²) in [6, 6.07) is 17.5. The van der Waals surface area contributed by atoms with E-state index in [1.165, 1.54) is 0 Å². The molecule has 1 aliphatic heterocycles. The standard InChI is InChI=1S/C30H33NO7/c1-5-36-26-10-8-7-9-23(26)29(32)31-16-15-21-17-27(34-3)28(35-4)18-24(21)25(31)19-38-22-13-11-20(12-14-22)30(33)37-6-2/h7-14,17-18,25H,5-6,15-16,19H2,1-4H3. The molecule has 0 fully saturated rings. The van der Waals surface area contributed by atoms with Crippen LogP contribution in [0.3, 0.4) is 0 Å². The molecule has 0 radical (unpaired) electrons. The Balaban J connectivity index is 1.66. The van der Waals surface area contributed by atoms with Crippen LogP contribution in [-0.2, 0) is 11.2 Å². The van der Waals surface area contributed by atoms with Crippen molar-refractivity contribution in [1.82, 2.24) is 4.90 Å². The van der Waals surface area contributed by atoms with Crippen LogP contribution in [-0.4, -0.2) is 57.4 Å². The summed E-state index contributed by atoms with van der Waals surface area (Å²) in [4.78, 5) is 27.7. The Hall–Kier alpha value is -4.20. The SMILES string of the molecule is CCOC(=O)c1ccc(OCC2c3cc(OC)c(OC)cc3CCN2C(=O)c2ccccc2OCC)cc1. The molecule has 1 heterocycles. The van der Waals surface area contributed by atoms with Crippen molar-refractivity contribution in [2.24, 2.45) is 0 Å². The summed E-state index contributed by atoms with van der Waals surface area (Å²) in [6.45, 7) is 5.12. The lowest BCUT2D eigenvalue weighted by Gasteiger charge is -2.38. The van der Waals surface area contributed by atoms with E-state index in [1.807, 2.05) is 36.1 Å². The van der Waals surface area contributed by atoms with E-state index in [-0.39, 0.29) is 18.5 Å². The van der Waals surface area contributed by atoms with Gasteiger partial charge in [0.15, 0.2) is 11.5 Å². The Morgan fingerprint density at radius 1 is 0.868 bits per heavy atom. The monoisotopic (exact) mass is 519 g/mol. The van der Waals surface area contributed by atoms with Gasteiger partial charge in [-0.05, 0) is 79.9 Å². The van der Waals surface area contributed by atoms with Crippen molar-refractivity contribution in [2.45, 2.75) is 26.3 Å². The van der Waals surface area contributed by atoms with Crippen LogP contribution < -0.4 is 18.9 Å². The highest BCUT2D eigenvalue weighted by Crippen LogP contribution is 2.39. The number of fused-ring (bicyclic) bond motifs is 1. The van der Waals surface area contributed by atoms with E-state index in [2.05, 4.69) is 0 Å². The summed E-state index contributed by atoms with van der Waals surface area (Å²) < 4.78 is 28.0. The third-order valence-electron chi connectivity index (χ3n) is 6.45. The number of amides is 1. The number of nitrogens with zero attached hydrogens (tertiary/aromatic N) is 1. The smallest absolute Gasteiger partial charge is 0.338 e. The summed E-state index contributed by atoms with van der Waals surface area (Å²) in [5.74, 6) is 1.83. The first kappa shape index (κ1) is 26.9. The molecule has 0 spiro atoms. The Morgan fingerprint density at radius 3 is 2.26 bits per heavy atom. The molecule has 38 heavy (non-hydrogen) atoms. The van der Waals surface area contributed by atoms with Gasteiger partial charge < -0.3 is 28.6 Å². The molecule has 0 N–H and O–H groups in total. The number of esters is 1. The van der Waals surface area contributed by atoms with Crippen LogP contribution in [0, 0.1) is 0 Å². The van der Waals surface area contributed by atoms with Crippen LogP contribution in [0.25, 0.3) is 0 Å². The maximum Gasteiger partial charge on any atom is 0.338 e. The van der Waals surface area contributed by atoms with Crippen LogP contribution in [0.4, 0.5) is 0 Å². The average Bonchev–Trinajstić information content (AvgIpc) is 2.95. The Labute approximate surface area is 223 Å². The minimum Gasteiger partial charge on any atom is -0.493 e. The van der Waals surface area contributed by atoms with E-state index in [0.717, 1.165) is 11.1 Å². The molecular formula is C30H33NO7. The summed E-state index contributed by atoms with van der Waals surface area (Å²) in [5, 5.41) is 0. The predicted octanol–water partition coefficient (Wildman–Crippen LogP) is 5.10. The number of methoxy groups -OCH3 is 2. The summed E-state index contributed by atoms with van der Waals surface area (Å²) in [7, 11) is 3.19. The average molecular weight is 520 g/mol. The number of hydrogen-bond donors (Lipinski definition) is 0. The highest BCUT2D eigenvalue weighted by atomic mass is 16.5. The second-order valence-corrected chi connectivity index (χ2v) is 8.66. The normalized spacial score (nSPS) is 14.3. The summed E-state index contributed by atoms with van der Waals surface area (Å²) in [6.07, 6.45) is 0.656. The molecule has 4 rings (SSSR count). The Morgan fingerprint density at radius 2 is 1.58 bits per heavy atom. The number of para-hydroxylation sites is 1. The van der Waals surface area contributed by atoms with Crippen molar-refractivity contribution in [3.05, 3.63) is 82.9 Å². The maximum atomic E-state index is 13.9. The molecule has 3 aromatic carbocycles. The molecule has 200 valence electrons. The zero-order valence-electron chi connectivity index (χ0n) is 22.2. The van der Waals surface area contributed by atoms with Crippen LogP contribution in [0.15, 0.2) is 60.7 Å². The van der Waals surface area contributed by atoms with Crippen LogP contribution in [0.5, 0.6) is 23.0 Å². The minimum atomic E-state index is -0.398. The number of rotatable bonds is 10. The van der Waals surface area contributed by atoms with Crippen LogP contribution in [0.2, 0.25) is 0 Å². The summed E-state index contributed by atoms with van der Waals surface area (Å²) >= 11 is 0. The van der Waals surface area contributed by atoms with Gasteiger partial charge in [-0.15, -0.1) is 0 Å². The molecule has 0 aliphatic carbocycles. The Kier molecular flexibility index (Phi) is 8.73. The van der Waals surface area contributed by atoms with Crippen LogP contribution in [0.1, 0.15) is 51.7 Å². The van der Waals surface area contributed by atoms with Gasteiger partial charge in [-0.1, -0.05) is 12.1 Å². The molecule has 0 aromatic heterocycles. The molecule has 0 saturated carbocycles. The van der Waals surface area contributed by atoms with E-state index in [0.29, 0.717) is 60.3 Å². The third kappa shape index (κ3) is 5.69. The van der Waals surface area contributed by atoms with Crippen molar-refractivity contribution in [1.29, 1.82) is 0 Å². The second-order valence-electron chi connectivity index (χ2n) is 8.66. The van der Waals surface area contributed by atoms with Gasteiger partial charge in [0.05, 0.1) is 44.6 Å². The molecule has 0 bridgehead atoms. The highest BCUT2D eigenvalue weighted by molar-refractivity contribution is 5.97. The topological polar surface area (TPSA) is 83.5 Å². The van der Waals surface area contributed by atoms with E-state index < -0.39 is 6.04 Å². The molecule has 0 saturated heterocycles. The van der Waals surface area contributed by atoms with E-state index in [9.17, 15) is 9.59 Å². The molecule has 1 aliphatic rings. The van der Waals surface area contributed by atoms with E-state index in [4.69, 9.17) is 23.7 Å². The lowest BCUT2D eigenvalue weighted by molar-refractivity contribution is 0.0524. The van der Waals surface area contributed by atoms with Gasteiger partial charge in [0, 0.05) is 6.54 Å². The van der Waals surface area contributed by atoms with E-state index >= 15 is 0 Å². The van der Waals surface area contributed by atoms with Gasteiger partial charge in [-0.25, -0.2) is 4.79 Å². The number of carbonyl (C=O) groups excluding carboxylic acids is 2. The first-order valence-corrected chi connectivity index (χ1v) is 12.7. The highest BCUT2D eigenvalue weighted by Gasteiger charge is 2.34. The molecule has 1 atom stereocenters. The van der Waals surface area contributed by atoms with Gasteiger partial charge in [0.1, 0.15) is 18.1 Å². The zero-order valence-corrected chi connectivity index (χ0v) is 22.2. The fourth-order valence-corrected chi connectivity index (χ4v) is 4.61. The number of hydrogen-bond acceptors (Lipinski definition) is 7. The van der Waals surface area contributed by atoms with Crippen molar-refractivity contribution in [2.75, 3.05) is 40.6 Å². The van der Waals surface area contributed by atoms with Gasteiger partial charge in [0.25, 0.3) is 5.91 Å². The number of carbonyl (C=O) groups is 2.